The van der Waals surface area contributed by atoms with Crippen molar-refractivity contribution < 1.29 is 9.18 Å². The third kappa shape index (κ3) is 3.32. The molecule has 0 radical (unpaired) electrons. The van der Waals surface area contributed by atoms with Crippen LogP contribution in [0.3, 0.4) is 0 Å². The maximum absolute atomic E-state index is 13.5. The average molecular weight is 241 g/mol. The fourth-order valence-electron chi connectivity index (χ4n) is 1.48. The topological polar surface area (TPSA) is 43.1 Å². The predicted octanol–water partition coefficient (Wildman–Crippen LogP) is 2.54. The van der Waals surface area contributed by atoms with Crippen LogP contribution in [-0.4, -0.2) is 18.1 Å². The maximum Gasteiger partial charge on any atom is 0.146 e. The van der Waals surface area contributed by atoms with E-state index in [1.165, 1.54) is 24.8 Å². The largest absolute Gasteiger partial charge is 0.321 e. The molecule has 4 heteroatoms. The van der Waals surface area contributed by atoms with E-state index in [9.17, 15) is 9.18 Å². The highest BCUT2D eigenvalue weighted by Gasteiger charge is 2.19. The minimum Gasteiger partial charge on any atom is -0.321 e. The number of hydrogen-bond acceptors (Lipinski definition) is 3. The van der Waals surface area contributed by atoms with Gasteiger partial charge in [-0.05, 0) is 25.7 Å². The first kappa shape index (κ1) is 13.2. The van der Waals surface area contributed by atoms with Crippen molar-refractivity contribution in [2.45, 2.75) is 24.6 Å². The van der Waals surface area contributed by atoms with E-state index in [1.54, 1.807) is 18.2 Å². The molecular formula is C12H16FNOS. The van der Waals surface area contributed by atoms with Crippen LogP contribution in [0.2, 0.25) is 0 Å². The fraction of sp³-hybridized carbons (Fsp3) is 0.417. The SMILES string of the molecule is CSC(C[C@H](N)C(C)=O)c1ccccc1F. The molecule has 2 nitrogen and oxygen atoms in total. The molecule has 0 aromatic heterocycles. The third-order valence-electron chi connectivity index (χ3n) is 2.53. The lowest BCUT2D eigenvalue weighted by Crippen LogP contribution is -2.29. The molecule has 0 bridgehead atoms. The van der Waals surface area contributed by atoms with Crippen molar-refractivity contribution in [3.05, 3.63) is 35.6 Å². The van der Waals surface area contributed by atoms with E-state index in [0.29, 0.717) is 12.0 Å². The molecular weight excluding hydrogens is 225 g/mol. The van der Waals surface area contributed by atoms with Crippen molar-refractivity contribution in [3.8, 4) is 0 Å². The number of benzene rings is 1. The molecule has 0 saturated heterocycles. The first-order chi connectivity index (χ1) is 7.56. The summed E-state index contributed by atoms with van der Waals surface area (Å²) in [6, 6.07) is 6.10. The van der Waals surface area contributed by atoms with Crippen LogP contribution in [0.25, 0.3) is 0 Å². The molecule has 0 aliphatic heterocycles. The van der Waals surface area contributed by atoms with Crippen LogP contribution in [0, 0.1) is 5.82 Å². The van der Waals surface area contributed by atoms with Crippen LogP contribution in [0.5, 0.6) is 0 Å². The van der Waals surface area contributed by atoms with Crippen molar-refractivity contribution in [2.24, 2.45) is 5.73 Å². The Balaban J connectivity index is 2.83. The highest BCUT2D eigenvalue weighted by atomic mass is 32.2. The molecule has 0 aliphatic carbocycles. The zero-order chi connectivity index (χ0) is 12.1. The van der Waals surface area contributed by atoms with E-state index in [1.807, 2.05) is 6.26 Å². The van der Waals surface area contributed by atoms with Gasteiger partial charge in [0, 0.05) is 10.8 Å². The summed E-state index contributed by atoms with van der Waals surface area (Å²) >= 11 is 1.51. The van der Waals surface area contributed by atoms with E-state index in [0.717, 1.165) is 0 Å². The molecule has 16 heavy (non-hydrogen) atoms. The number of carbonyl (C=O) groups excluding carboxylic acids is 1. The Hall–Kier alpha value is -0.870. The number of ketones is 1. The summed E-state index contributed by atoms with van der Waals surface area (Å²) < 4.78 is 13.5. The number of carbonyl (C=O) groups is 1. The summed E-state index contributed by atoms with van der Waals surface area (Å²) in [7, 11) is 0. The van der Waals surface area contributed by atoms with Gasteiger partial charge in [-0.25, -0.2) is 4.39 Å². The first-order valence-corrected chi connectivity index (χ1v) is 6.38. The molecule has 0 heterocycles. The molecule has 0 spiro atoms. The Kier molecular flexibility index (Phi) is 4.96. The molecule has 0 saturated carbocycles. The van der Waals surface area contributed by atoms with Crippen molar-refractivity contribution in [2.75, 3.05) is 6.26 Å². The summed E-state index contributed by atoms with van der Waals surface area (Å²) in [4.78, 5) is 11.1. The van der Waals surface area contributed by atoms with Crippen LogP contribution < -0.4 is 5.73 Å². The Morgan fingerprint density at radius 1 is 1.50 bits per heavy atom. The van der Waals surface area contributed by atoms with Gasteiger partial charge in [0.05, 0.1) is 6.04 Å². The van der Waals surface area contributed by atoms with Gasteiger partial charge in [-0.2, -0.15) is 11.8 Å². The second-order valence-electron chi connectivity index (χ2n) is 3.70. The monoisotopic (exact) mass is 241 g/mol. The van der Waals surface area contributed by atoms with Crippen LogP contribution >= 0.6 is 11.8 Å². The number of halogens is 1. The number of thioether (sulfide) groups is 1. The minimum atomic E-state index is -0.517. The normalized spacial score (nSPS) is 14.5. The van der Waals surface area contributed by atoms with E-state index >= 15 is 0 Å². The van der Waals surface area contributed by atoms with Gasteiger partial charge in [0.1, 0.15) is 11.6 Å². The van der Waals surface area contributed by atoms with E-state index in [-0.39, 0.29) is 16.9 Å². The number of rotatable bonds is 5. The molecule has 0 fully saturated rings. The fourth-order valence-corrected chi connectivity index (χ4v) is 2.33. The molecule has 1 aromatic carbocycles. The standard InChI is InChI=1S/C12H16FNOS/c1-8(15)11(14)7-12(16-2)9-5-3-4-6-10(9)13/h3-6,11-12H,7,14H2,1-2H3/t11-,12?/m0/s1. The Morgan fingerprint density at radius 2 is 2.12 bits per heavy atom. The Bertz CT molecular complexity index is 370. The van der Waals surface area contributed by atoms with Gasteiger partial charge in [-0.3, -0.25) is 4.79 Å². The summed E-state index contributed by atoms with van der Waals surface area (Å²) in [6.07, 6.45) is 2.36. The summed E-state index contributed by atoms with van der Waals surface area (Å²) in [5, 5.41) is -0.0694. The second kappa shape index (κ2) is 6.01. The molecule has 0 aliphatic rings. The van der Waals surface area contributed by atoms with Gasteiger partial charge in [0.25, 0.3) is 0 Å². The second-order valence-corrected chi connectivity index (χ2v) is 4.74. The number of hydrogen-bond donors (Lipinski definition) is 1. The van der Waals surface area contributed by atoms with Gasteiger partial charge >= 0.3 is 0 Å². The van der Waals surface area contributed by atoms with Gasteiger partial charge in [-0.1, -0.05) is 18.2 Å². The average Bonchev–Trinajstić information content (AvgIpc) is 2.26. The molecule has 1 unspecified atom stereocenters. The zero-order valence-electron chi connectivity index (χ0n) is 9.44. The van der Waals surface area contributed by atoms with E-state index in [2.05, 4.69) is 0 Å². The van der Waals surface area contributed by atoms with Gasteiger partial charge in [0.15, 0.2) is 0 Å². The quantitative estimate of drug-likeness (QED) is 0.861. The smallest absolute Gasteiger partial charge is 0.146 e. The lowest BCUT2D eigenvalue weighted by Gasteiger charge is -2.18. The van der Waals surface area contributed by atoms with E-state index in [4.69, 9.17) is 5.73 Å². The summed E-state index contributed by atoms with van der Waals surface area (Å²) in [6.45, 7) is 1.46. The van der Waals surface area contributed by atoms with Crippen molar-refractivity contribution in [1.29, 1.82) is 0 Å². The summed E-state index contributed by atoms with van der Waals surface area (Å²) in [5.41, 5.74) is 6.31. The lowest BCUT2D eigenvalue weighted by atomic mass is 10.0. The molecule has 1 rings (SSSR count). The van der Waals surface area contributed by atoms with Crippen LogP contribution in [-0.2, 0) is 4.79 Å². The zero-order valence-corrected chi connectivity index (χ0v) is 10.3. The lowest BCUT2D eigenvalue weighted by molar-refractivity contribution is -0.118. The van der Waals surface area contributed by atoms with Crippen molar-refractivity contribution in [3.63, 3.8) is 0 Å². The molecule has 0 amide bonds. The highest BCUT2D eigenvalue weighted by molar-refractivity contribution is 7.98. The van der Waals surface area contributed by atoms with Crippen molar-refractivity contribution in [1.82, 2.24) is 0 Å². The van der Waals surface area contributed by atoms with Crippen LogP contribution in [0.1, 0.15) is 24.2 Å². The number of nitrogens with two attached hydrogens (primary N) is 1. The molecule has 2 N–H and O–H groups in total. The van der Waals surface area contributed by atoms with Crippen molar-refractivity contribution >= 4 is 17.5 Å². The number of Topliss-reactive ketones (excluding diaryl/α,β-unsaturated/α-hetero) is 1. The first-order valence-electron chi connectivity index (χ1n) is 5.09. The maximum atomic E-state index is 13.5. The predicted molar refractivity (Wildman–Crippen MR) is 65.9 cm³/mol. The summed E-state index contributed by atoms with van der Waals surface area (Å²) in [5.74, 6) is -0.298. The molecule has 1 aromatic rings. The molecule has 2 atom stereocenters. The Morgan fingerprint density at radius 3 is 2.62 bits per heavy atom. The van der Waals surface area contributed by atoms with Gasteiger partial charge in [0.2, 0.25) is 0 Å². The van der Waals surface area contributed by atoms with E-state index < -0.39 is 6.04 Å². The highest BCUT2D eigenvalue weighted by Crippen LogP contribution is 2.32. The van der Waals surface area contributed by atoms with Crippen LogP contribution in [0.4, 0.5) is 4.39 Å². The van der Waals surface area contributed by atoms with Gasteiger partial charge < -0.3 is 5.73 Å². The minimum absolute atomic E-state index is 0.0598. The van der Waals surface area contributed by atoms with Gasteiger partial charge in [-0.15, -0.1) is 0 Å². The molecule has 88 valence electrons. The van der Waals surface area contributed by atoms with Crippen LogP contribution in [0.15, 0.2) is 24.3 Å². The third-order valence-corrected chi connectivity index (χ3v) is 3.54. The Labute approximate surface area is 99.4 Å².